The first-order valence-corrected chi connectivity index (χ1v) is 10.5. The molecule has 0 N–H and O–H groups in total. The summed E-state index contributed by atoms with van der Waals surface area (Å²) >= 11 is 0. The molecule has 3 aromatic rings. The van der Waals surface area contributed by atoms with Crippen molar-refractivity contribution in [1.29, 1.82) is 0 Å². The predicted octanol–water partition coefficient (Wildman–Crippen LogP) is 5.72. The number of hydrogen-bond donors (Lipinski definition) is 0. The molecule has 1 heterocycles. The van der Waals surface area contributed by atoms with Crippen LogP contribution in [0.3, 0.4) is 0 Å². The summed E-state index contributed by atoms with van der Waals surface area (Å²) in [4.78, 5) is 24.7. The van der Waals surface area contributed by atoms with Gasteiger partial charge in [0.2, 0.25) is 11.2 Å². The van der Waals surface area contributed by atoms with Gasteiger partial charge in [0.05, 0.1) is 18.1 Å². The summed E-state index contributed by atoms with van der Waals surface area (Å²) in [5.41, 5.74) is -1.40. The molecular weight excluding hydrogens is 457 g/mol. The zero-order chi connectivity index (χ0) is 24.9. The van der Waals surface area contributed by atoms with Crippen LogP contribution in [-0.2, 0) is 15.7 Å². The molecular formula is C24H23F3O7. The number of hydrogen-bond acceptors (Lipinski definition) is 7. The Hall–Kier alpha value is -3.69. The van der Waals surface area contributed by atoms with Gasteiger partial charge in [0.15, 0.2) is 18.1 Å². The zero-order valence-corrected chi connectivity index (χ0v) is 18.7. The SMILES string of the molecule is CCOc1ccccc1Oc1c(C(F)(F)F)oc2cc(OCC(=O)OC(C)CC)ccc2c1=O. The number of rotatable bonds is 9. The minimum atomic E-state index is -5.03. The first-order chi connectivity index (χ1) is 16.1. The molecule has 0 radical (unpaired) electrons. The molecule has 10 heteroatoms. The largest absolute Gasteiger partial charge is 0.490 e. The fraction of sp³-hybridized carbons (Fsp3) is 0.333. The lowest BCUT2D eigenvalue weighted by Gasteiger charge is -2.15. The Kier molecular flexibility index (Phi) is 7.70. The van der Waals surface area contributed by atoms with Crippen LogP contribution < -0.4 is 19.6 Å². The van der Waals surface area contributed by atoms with E-state index in [0.717, 1.165) is 6.07 Å². The van der Waals surface area contributed by atoms with Gasteiger partial charge in [0, 0.05) is 6.07 Å². The molecule has 0 spiro atoms. The van der Waals surface area contributed by atoms with Crippen LogP contribution in [0.5, 0.6) is 23.0 Å². The maximum absolute atomic E-state index is 13.8. The molecule has 3 rings (SSSR count). The van der Waals surface area contributed by atoms with Crippen LogP contribution in [-0.4, -0.2) is 25.3 Å². The molecule has 34 heavy (non-hydrogen) atoms. The molecule has 2 aromatic carbocycles. The summed E-state index contributed by atoms with van der Waals surface area (Å²) in [5.74, 6) is -3.13. The average molecular weight is 480 g/mol. The minimum Gasteiger partial charge on any atom is -0.490 e. The number of halogens is 3. The van der Waals surface area contributed by atoms with Crippen molar-refractivity contribution in [2.24, 2.45) is 0 Å². The van der Waals surface area contributed by atoms with Gasteiger partial charge in [0.1, 0.15) is 11.3 Å². The third kappa shape index (κ3) is 5.81. The Labute approximate surface area is 193 Å². The van der Waals surface area contributed by atoms with E-state index in [0.29, 0.717) is 6.42 Å². The molecule has 0 aliphatic carbocycles. The quantitative estimate of drug-likeness (QED) is 0.362. The van der Waals surface area contributed by atoms with Gasteiger partial charge in [-0.1, -0.05) is 19.1 Å². The lowest BCUT2D eigenvalue weighted by molar-refractivity contribution is -0.154. The standard InChI is InChI=1S/C24H23F3O7/c1-4-14(3)32-20(28)13-31-15-10-11-16-19(12-15)34-23(24(25,26)27)22(21(16)29)33-18-9-7-6-8-17(18)30-5-2/h6-12,14H,4-5,13H2,1-3H3. The highest BCUT2D eigenvalue weighted by Crippen LogP contribution is 2.40. The van der Waals surface area contributed by atoms with Crippen LogP contribution in [0, 0.1) is 0 Å². The van der Waals surface area contributed by atoms with Crippen molar-refractivity contribution < 1.29 is 41.3 Å². The van der Waals surface area contributed by atoms with E-state index in [4.69, 9.17) is 23.4 Å². The Morgan fingerprint density at radius 1 is 1.06 bits per heavy atom. The third-order valence-electron chi connectivity index (χ3n) is 4.70. The molecule has 0 fully saturated rings. The number of carbonyl (C=O) groups is 1. The molecule has 0 amide bonds. The van der Waals surface area contributed by atoms with E-state index in [-0.39, 0.29) is 40.9 Å². The highest BCUT2D eigenvalue weighted by atomic mass is 19.4. The van der Waals surface area contributed by atoms with E-state index >= 15 is 0 Å². The van der Waals surface area contributed by atoms with Crippen LogP contribution >= 0.6 is 0 Å². The summed E-state index contributed by atoms with van der Waals surface area (Å²) in [7, 11) is 0. The monoisotopic (exact) mass is 480 g/mol. The molecule has 0 bridgehead atoms. The van der Waals surface area contributed by atoms with E-state index in [9.17, 15) is 22.8 Å². The Morgan fingerprint density at radius 2 is 1.76 bits per heavy atom. The highest BCUT2D eigenvalue weighted by molar-refractivity contribution is 5.80. The van der Waals surface area contributed by atoms with Crippen LogP contribution in [0.25, 0.3) is 11.0 Å². The van der Waals surface area contributed by atoms with E-state index < -0.39 is 35.7 Å². The predicted molar refractivity (Wildman–Crippen MR) is 117 cm³/mol. The van der Waals surface area contributed by atoms with Crippen molar-refractivity contribution in [2.45, 2.75) is 39.5 Å². The summed E-state index contributed by atoms with van der Waals surface area (Å²) in [5, 5.41) is -0.161. The molecule has 0 saturated carbocycles. The van der Waals surface area contributed by atoms with Gasteiger partial charge in [-0.25, -0.2) is 4.79 Å². The van der Waals surface area contributed by atoms with E-state index in [1.807, 2.05) is 6.92 Å². The topological polar surface area (TPSA) is 84.2 Å². The molecule has 0 saturated heterocycles. The first-order valence-electron chi connectivity index (χ1n) is 10.5. The number of esters is 1. The number of para-hydroxylation sites is 2. The van der Waals surface area contributed by atoms with Gasteiger partial charge in [-0.2, -0.15) is 13.2 Å². The van der Waals surface area contributed by atoms with Crippen LogP contribution in [0.15, 0.2) is 51.7 Å². The average Bonchev–Trinajstić information content (AvgIpc) is 2.79. The number of alkyl halides is 3. The molecule has 182 valence electrons. The van der Waals surface area contributed by atoms with Crippen molar-refractivity contribution in [3.8, 4) is 23.0 Å². The Morgan fingerprint density at radius 3 is 2.41 bits per heavy atom. The fourth-order valence-electron chi connectivity index (χ4n) is 2.93. The highest BCUT2D eigenvalue weighted by Gasteiger charge is 2.40. The normalized spacial score (nSPS) is 12.3. The molecule has 7 nitrogen and oxygen atoms in total. The van der Waals surface area contributed by atoms with Crippen molar-refractivity contribution in [1.82, 2.24) is 0 Å². The van der Waals surface area contributed by atoms with Crippen molar-refractivity contribution in [2.75, 3.05) is 13.2 Å². The van der Waals surface area contributed by atoms with Crippen molar-refractivity contribution in [3.05, 3.63) is 58.4 Å². The lowest BCUT2D eigenvalue weighted by atomic mass is 10.2. The lowest BCUT2D eigenvalue weighted by Crippen LogP contribution is -2.20. The maximum Gasteiger partial charge on any atom is 0.453 e. The minimum absolute atomic E-state index is 0.0280. The maximum atomic E-state index is 13.8. The van der Waals surface area contributed by atoms with Gasteiger partial charge in [-0.3, -0.25) is 4.79 Å². The molecule has 0 aliphatic heterocycles. The smallest absolute Gasteiger partial charge is 0.453 e. The second-order valence-corrected chi connectivity index (χ2v) is 7.22. The van der Waals surface area contributed by atoms with Crippen LogP contribution in [0.4, 0.5) is 13.2 Å². The number of carbonyl (C=O) groups excluding carboxylic acids is 1. The second-order valence-electron chi connectivity index (χ2n) is 7.22. The summed E-state index contributed by atoms with van der Waals surface area (Å²) < 4.78 is 67.5. The summed E-state index contributed by atoms with van der Waals surface area (Å²) in [6.45, 7) is 5.05. The van der Waals surface area contributed by atoms with E-state index in [1.165, 1.54) is 30.3 Å². The molecule has 0 aliphatic rings. The van der Waals surface area contributed by atoms with Crippen molar-refractivity contribution in [3.63, 3.8) is 0 Å². The summed E-state index contributed by atoms with van der Waals surface area (Å²) in [6.07, 6.45) is -4.71. The van der Waals surface area contributed by atoms with E-state index in [2.05, 4.69) is 0 Å². The number of ether oxygens (including phenoxy) is 4. The number of benzene rings is 2. The zero-order valence-electron chi connectivity index (χ0n) is 18.7. The van der Waals surface area contributed by atoms with Crippen molar-refractivity contribution >= 4 is 16.9 Å². The molecule has 1 aromatic heterocycles. The first kappa shape index (κ1) is 24.9. The fourth-order valence-corrected chi connectivity index (χ4v) is 2.93. The Balaban J connectivity index is 1.98. The van der Waals surface area contributed by atoms with Gasteiger partial charge in [-0.15, -0.1) is 0 Å². The van der Waals surface area contributed by atoms with Gasteiger partial charge >= 0.3 is 12.1 Å². The second kappa shape index (κ2) is 10.5. The number of fused-ring (bicyclic) bond motifs is 1. The van der Waals surface area contributed by atoms with Gasteiger partial charge in [0.25, 0.3) is 5.76 Å². The van der Waals surface area contributed by atoms with Gasteiger partial charge in [-0.05, 0) is 44.5 Å². The Bertz CT molecular complexity index is 1220. The molecule has 1 unspecified atom stereocenters. The third-order valence-corrected chi connectivity index (χ3v) is 4.70. The van der Waals surface area contributed by atoms with Crippen LogP contribution in [0.2, 0.25) is 0 Å². The van der Waals surface area contributed by atoms with E-state index in [1.54, 1.807) is 19.9 Å². The van der Waals surface area contributed by atoms with Gasteiger partial charge < -0.3 is 23.4 Å². The molecule has 1 atom stereocenters. The van der Waals surface area contributed by atoms with Crippen LogP contribution in [0.1, 0.15) is 33.0 Å². The summed E-state index contributed by atoms with van der Waals surface area (Å²) in [6, 6.07) is 9.70.